The fourth-order valence-electron chi connectivity index (χ4n) is 5.62. The Morgan fingerprint density at radius 1 is 1.06 bits per heavy atom. The Hall–Kier alpha value is -2.61. The number of hydrogen-bond acceptors (Lipinski definition) is 5. The van der Waals surface area contributed by atoms with E-state index >= 15 is 0 Å². The fraction of sp³-hybridized carbons (Fsp3) is 0.667. The highest BCUT2D eigenvalue weighted by Gasteiger charge is 2.39. The first-order valence-corrected chi connectivity index (χ1v) is 13.2. The molecule has 8 heteroatoms. The van der Waals surface area contributed by atoms with E-state index in [0.717, 1.165) is 32.2 Å². The summed E-state index contributed by atoms with van der Waals surface area (Å²) in [6, 6.07) is 5.09. The van der Waals surface area contributed by atoms with E-state index in [2.05, 4.69) is 10.6 Å². The van der Waals surface area contributed by atoms with Crippen LogP contribution in [0.4, 0.5) is 5.69 Å². The monoisotopic (exact) mass is 483 g/mol. The zero-order valence-electron chi connectivity index (χ0n) is 20.6. The number of fused-ring (bicyclic) bond motifs is 2. The summed E-state index contributed by atoms with van der Waals surface area (Å²) in [7, 11) is 1.80. The highest BCUT2D eigenvalue weighted by Crippen LogP contribution is 2.34. The molecule has 3 amide bonds. The lowest BCUT2D eigenvalue weighted by Crippen LogP contribution is -2.54. The van der Waals surface area contributed by atoms with Crippen molar-refractivity contribution in [1.82, 2.24) is 10.2 Å². The van der Waals surface area contributed by atoms with Crippen LogP contribution in [0.5, 0.6) is 5.75 Å². The van der Waals surface area contributed by atoms with Crippen LogP contribution in [0.25, 0.3) is 0 Å². The number of likely N-dealkylation sites (N-methyl/N-ethyl adjacent to an activating group) is 1. The van der Waals surface area contributed by atoms with Crippen LogP contribution in [-0.4, -0.2) is 61.1 Å². The maximum atomic E-state index is 13.3. The molecule has 2 heterocycles. The third-order valence-electron chi connectivity index (χ3n) is 7.95. The molecule has 190 valence electrons. The number of amides is 3. The minimum Gasteiger partial charge on any atom is -0.490 e. The Morgan fingerprint density at radius 3 is 2.63 bits per heavy atom. The maximum Gasteiger partial charge on any atom is 0.257 e. The van der Waals surface area contributed by atoms with Crippen LogP contribution < -0.4 is 15.4 Å². The molecule has 2 N–H and O–H groups in total. The van der Waals surface area contributed by atoms with Crippen molar-refractivity contribution in [3.63, 3.8) is 0 Å². The van der Waals surface area contributed by atoms with Crippen molar-refractivity contribution in [3.05, 3.63) is 23.8 Å². The van der Waals surface area contributed by atoms with Crippen LogP contribution in [0.3, 0.4) is 0 Å². The number of nitrogens with zero attached hydrogens (tertiary/aromatic N) is 1. The van der Waals surface area contributed by atoms with Gasteiger partial charge in [-0.1, -0.05) is 19.3 Å². The summed E-state index contributed by atoms with van der Waals surface area (Å²) < 4.78 is 12.3. The first kappa shape index (κ1) is 24.1. The average Bonchev–Trinajstić information content (AvgIpc) is 3.72. The predicted molar refractivity (Wildman–Crippen MR) is 131 cm³/mol. The SMILES string of the molecule is CN1C(=O)c2cc(NC(=O)C3CC3)ccc2OC[C@H]2O[C@@H](CC(=O)NCC3CCCCC3)CC[C@H]21. The number of rotatable bonds is 6. The Balaban J connectivity index is 1.19. The first-order valence-electron chi connectivity index (χ1n) is 13.2. The molecule has 1 aromatic carbocycles. The van der Waals surface area contributed by atoms with Crippen molar-refractivity contribution < 1.29 is 23.9 Å². The minimum atomic E-state index is -0.295. The summed E-state index contributed by atoms with van der Waals surface area (Å²) in [4.78, 5) is 39.8. The zero-order valence-corrected chi connectivity index (χ0v) is 20.6. The molecule has 8 nitrogen and oxygen atoms in total. The number of nitrogens with one attached hydrogen (secondary N) is 2. The first-order chi connectivity index (χ1) is 17.0. The van der Waals surface area contributed by atoms with Gasteiger partial charge in [-0.3, -0.25) is 14.4 Å². The minimum absolute atomic E-state index is 0.00656. The van der Waals surface area contributed by atoms with Crippen LogP contribution in [0.2, 0.25) is 0 Å². The van der Waals surface area contributed by atoms with Gasteiger partial charge in [0.1, 0.15) is 18.5 Å². The fourth-order valence-corrected chi connectivity index (χ4v) is 5.62. The number of hydrogen-bond donors (Lipinski definition) is 2. The lowest BCUT2D eigenvalue weighted by atomic mass is 9.89. The molecule has 1 aromatic rings. The predicted octanol–water partition coefficient (Wildman–Crippen LogP) is 3.50. The second kappa shape index (κ2) is 10.6. The highest BCUT2D eigenvalue weighted by atomic mass is 16.5. The Kier molecular flexibility index (Phi) is 7.27. The molecule has 1 saturated heterocycles. The number of carbonyl (C=O) groups excluding carboxylic acids is 3. The molecule has 35 heavy (non-hydrogen) atoms. The van der Waals surface area contributed by atoms with Crippen LogP contribution in [0.1, 0.15) is 74.6 Å². The van der Waals surface area contributed by atoms with Gasteiger partial charge in [0, 0.05) is 25.2 Å². The molecule has 5 rings (SSSR count). The van der Waals surface area contributed by atoms with E-state index in [-0.39, 0.29) is 41.9 Å². The van der Waals surface area contributed by atoms with Gasteiger partial charge in [-0.05, 0) is 62.6 Å². The zero-order chi connectivity index (χ0) is 24.4. The molecule has 2 saturated carbocycles. The molecule has 2 aliphatic heterocycles. The summed E-state index contributed by atoms with van der Waals surface area (Å²) >= 11 is 0. The topological polar surface area (TPSA) is 97.0 Å². The molecular weight excluding hydrogens is 446 g/mol. The lowest BCUT2D eigenvalue weighted by molar-refractivity contribution is -0.134. The third kappa shape index (κ3) is 5.80. The van der Waals surface area contributed by atoms with Gasteiger partial charge in [-0.2, -0.15) is 0 Å². The third-order valence-corrected chi connectivity index (χ3v) is 7.95. The number of anilines is 1. The summed E-state index contributed by atoms with van der Waals surface area (Å²) in [6.45, 7) is 1.07. The number of carbonyl (C=O) groups is 3. The molecular formula is C27H37N3O5. The van der Waals surface area contributed by atoms with E-state index in [1.165, 1.54) is 32.1 Å². The quantitative estimate of drug-likeness (QED) is 0.646. The molecule has 0 aromatic heterocycles. The molecule has 3 atom stereocenters. The van der Waals surface area contributed by atoms with Crippen molar-refractivity contribution in [3.8, 4) is 5.75 Å². The molecule has 0 bridgehead atoms. The van der Waals surface area contributed by atoms with Crippen molar-refractivity contribution >= 4 is 23.4 Å². The Morgan fingerprint density at radius 2 is 1.86 bits per heavy atom. The van der Waals surface area contributed by atoms with Crippen LogP contribution in [0, 0.1) is 11.8 Å². The average molecular weight is 484 g/mol. The molecule has 3 fully saturated rings. The van der Waals surface area contributed by atoms with Gasteiger partial charge < -0.3 is 25.0 Å². The molecule has 0 radical (unpaired) electrons. The molecule has 0 unspecified atom stereocenters. The van der Waals surface area contributed by atoms with Gasteiger partial charge in [0.25, 0.3) is 5.91 Å². The van der Waals surface area contributed by atoms with Crippen molar-refractivity contribution in [2.45, 2.75) is 82.5 Å². The lowest BCUT2D eigenvalue weighted by Gasteiger charge is -2.42. The van der Waals surface area contributed by atoms with Gasteiger partial charge in [0.15, 0.2) is 0 Å². The van der Waals surface area contributed by atoms with Crippen LogP contribution in [-0.2, 0) is 14.3 Å². The van der Waals surface area contributed by atoms with Gasteiger partial charge in [-0.25, -0.2) is 0 Å². The van der Waals surface area contributed by atoms with E-state index in [9.17, 15) is 14.4 Å². The van der Waals surface area contributed by atoms with E-state index in [1.807, 2.05) is 0 Å². The normalized spacial score (nSPS) is 27.1. The smallest absolute Gasteiger partial charge is 0.257 e. The van der Waals surface area contributed by atoms with Crippen molar-refractivity contribution in [1.29, 1.82) is 0 Å². The summed E-state index contributed by atoms with van der Waals surface area (Å²) in [6.07, 6.45) is 9.45. The van der Waals surface area contributed by atoms with E-state index < -0.39 is 0 Å². The highest BCUT2D eigenvalue weighted by molar-refractivity contribution is 6.00. The van der Waals surface area contributed by atoms with Gasteiger partial charge in [0.05, 0.1) is 24.1 Å². The second-order valence-electron chi connectivity index (χ2n) is 10.7. The molecule has 4 aliphatic rings. The summed E-state index contributed by atoms with van der Waals surface area (Å²) in [5.74, 6) is 1.08. The maximum absolute atomic E-state index is 13.3. The van der Waals surface area contributed by atoms with Crippen LogP contribution >= 0.6 is 0 Å². The Labute approximate surface area is 207 Å². The molecule has 2 aliphatic carbocycles. The largest absolute Gasteiger partial charge is 0.490 e. The van der Waals surface area contributed by atoms with Gasteiger partial charge in [0.2, 0.25) is 11.8 Å². The van der Waals surface area contributed by atoms with Gasteiger partial charge in [-0.15, -0.1) is 0 Å². The van der Waals surface area contributed by atoms with E-state index in [0.29, 0.717) is 35.9 Å². The van der Waals surface area contributed by atoms with E-state index in [1.54, 1.807) is 30.1 Å². The Bertz CT molecular complexity index is 956. The summed E-state index contributed by atoms with van der Waals surface area (Å²) in [5, 5.41) is 6.02. The van der Waals surface area contributed by atoms with Gasteiger partial charge >= 0.3 is 0 Å². The van der Waals surface area contributed by atoms with Crippen LogP contribution in [0.15, 0.2) is 18.2 Å². The standard InChI is InChI=1S/C27H37N3O5/c1-30-22-11-10-20(14-25(31)28-15-17-5-3-2-4-6-17)35-24(22)16-34-23-12-9-19(13-21(23)27(30)33)29-26(32)18-7-8-18/h9,12-13,17-18,20,22,24H,2-8,10-11,14-16H2,1H3,(H,28,31)(H,29,32)/t20-,22-,24-/m1/s1. The van der Waals surface area contributed by atoms with Crippen molar-refractivity contribution in [2.24, 2.45) is 11.8 Å². The van der Waals surface area contributed by atoms with Crippen molar-refractivity contribution in [2.75, 3.05) is 25.5 Å². The number of ether oxygens (including phenoxy) is 2. The summed E-state index contributed by atoms with van der Waals surface area (Å²) in [5.41, 5.74) is 1.06. The molecule has 0 spiro atoms. The number of benzene rings is 1. The second-order valence-corrected chi connectivity index (χ2v) is 10.7. The van der Waals surface area contributed by atoms with E-state index in [4.69, 9.17) is 9.47 Å².